The molecule has 16 heavy (non-hydrogen) atoms. The Morgan fingerprint density at radius 2 is 2.00 bits per heavy atom. The third kappa shape index (κ3) is 2.40. The van der Waals surface area contributed by atoms with Crippen LogP contribution in [0.1, 0.15) is 5.56 Å². The lowest BCUT2D eigenvalue weighted by molar-refractivity contribution is -0.143. The van der Waals surface area contributed by atoms with Crippen molar-refractivity contribution in [3.63, 3.8) is 0 Å². The molecule has 0 radical (unpaired) electrons. The van der Waals surface area contributed by atoms with Crippen molar-refractivity contribution in [2.75, 3.05) is 6.67 Å². The maximum Gasteiger partial charge on any atom is 0.326 e. The second-order valence-electron chi connectivity index (χ2n) is 3.59. The first-order chi connectivity index (χ1) is 7.39. The number of aliphatic carboxylic acids is 1. The molecule has 0 fully saturated rings. The summed E-state index contributed by atoms with van der Waals surface area (Å²) in [6.45, 7) is -1.22. The Morgan fingerprint density at radius 1 is 1.38 bits per heavy atom. The van der Waals surface area contributed by atoms with Gasteiger partial charge in [-0.15, -0.1) is 0 Å². The lowest BCUT2D eigenvalue weighted by atomic mass is 9.93. The highest BCUT2D eigenvalue weighted by molar-refractivity contribution is 5.79. The average molecular weight is 229 g/mol. The zero-order valence-corrected chi connectivity index (χ0v) is 8.35. The van der Waals surface area contributed by atoms with Crippen molar-refractivity contribution in [2.24, 2.45) is 5.73 Å². The zero-order valence-electron chi connectivity index (χ0n) is 8.35. The Hall–Kier alpha value is -1.82. The molecule has 0 aliphatic rings. The first-order valence-corrected chi connectivity index (χ1v) is 4.48. The minimum Gasteiger partial charge on any atom is -0.504 e. The summed E-state index contributed by atoms with van der Waals surface area (Å²) in [5.74, 6) is -2.19. The van der Waals surface area contributed by atoms with Gasteiger partial charge < -0.3 is 21.1 Å². The van der Waals surface area contributed by atoms with Gasteiger partial charge in [-0.05, 0) is 17.7 Å². The fraction of sp³-hybridized carbons (Fsp3) is 0.300. The van der Waals surface area contributed by atoms with E-state index in [-0.39, 0.29) is 12.2 Å². The number of phenols is 2. The van der Waals surface area contributed by atoms with E-state index in [1.165, 1.54) is 12.1 Å². The van der Waals surface area contributed by atoms with E-state index < -0.39 is 23.9 Å². The molecule has 0 amide bonds. The summed E-state index contributed by atoms with van der Waals surface area (Å²) in [6.07, 6.45) is -0.271. The summed E-state index contributed by atoms with van der Waals surface area (Å²) < 4.78 is 12.5. The van der Waals surface area contributed by atoms with Crippen LogP contribution in [0, 0.1) is 0 Å². The van der Waals surface area contributed by atoms with Crippen LogP contribution in [0.2, 0.25) is 0 Å². The summed E-state index contributed by atoms with van der Waals surface area (Å²) >= 11 is 0. The van der Waals surface area contributed by atoms with E-state index in [0.29, 0.717) is 5.56 Å². The van der Waals surface area contributed by atoms with Gasteiger partial charge in [-0.25, -0.2) is 4.39 Å². The van der Waals surface area contributed by atoms with Crippen LogP contribution in [0.4, 0.5) is 4.39 Å². The molecule has 0 aliphatic heterocycles. The number of rotatable bonds is 4. The molecule has 0 heterocycles. The van der Waals surface area contributed by atoms with Gasteiger partial charge in [0.1, 0.15) is 12.2 Å². The maximum atomic E-state index is 12.5. The molecule has 0 saturated carbocycles. The van der Waals surface area contributed by atoms with Crippen LogP contribution in [0.5, 0.6) is 11.5 Å². The van der Waals surface area contributed by atoms with Crippen molar-refractivity contribution in [3.05, 3.63) is 23.8 Å². The number of phenolic OH excluding ortho intramolecular Hbond substituents is 2. The van der Waals surface area contributed by atoms with Crippen LogP contribution in [0.25, 0.3) is 0 Å². The van der Waals surface area contributed by atoms with Gasteiger partial charge in [0.05, 0.1) is 0 Å². The number of carboxylic acid groups (broad SMARTS) is 1. The molecule has 5 N–H and O–H groups in total. The third-order valence-electron chi connectivity index (χ3n) is 2.22. The van der Waals surface area contributed by atoms with Crippen LogP contribution in [-0.4, -0.2) is 33.5 Å². The largest absolute Gasteiger partial charge is 0.504 e. The van der Waals surface area contributed by atoms with E-state index in [1.807, 2.05) is 0 Å². The Balaban J connectivity index is 2.95. The first-order valence-electron chi connectivity index (χ1n) is 4.48. The van der Waals surface area contributed by atoms with Crippen LogP contribution in [-0.2, 0) is 11.2 Å². The lowest BCUT2D eigenvalue weighted by Gasteiger charge is -2.20. The number of benzene rings is 1. The molecule has 1 aromatic rings. The van der Waals surface area contributed by atoms with Gasteiger partial charge in [0.2, 0.25) is 0 Å². The van der Waals surface area contributed by atoms with Crippen LogP contribution in [0.15, 0.2) is 18.2 Å². The molecule has 0 aromatic heterocycles. The van der Waals surface area contributed by atoms with E-state index in [0.717, 1.165) is 6.07 Å². The van der Waals surface area contributed by atoms with Crippen molar-refractivity contribution in [3.8, 4) is 11.5 Å². The van der Waals surface area contributed by atoms with E-state index in [1.54, 1.807) is 0 Å². The fourth-order valence-electron chi connectivity index (χ4n) is 1.22. The molecule has 1 aromatic carbocycles. The van der Waals surface area contributed by atoms with Crippen LogP contribution < -0.4 is 5.73 Å². The predicted molar refractivity (Wildman–Crippen MR) is 54.0 cm³/mol. The summed E-state index contributed by atoms with van der Waals surface area (Å²) in [5, 5.41) is 27.0. The van der Waals surface area contributed by atoms with E-state index >= 15 is 0 Å². The molecular weight excluding hydrogens is 217 g/mol. The number of carbonyl (C=O) groups is 1. The van der Waals surface area contributed by atoms with Gasteiger partial charge in [0.15, 0.2) is 11.5 Å². The van der Waals surface area contributed by atoms with Crippen LogP contribution in [0.3, 0.4) is 0 Å². The second-order valence-corrected chi connectivity index (χ2v) is 3.59. The lowest BCUT2D eigenvalue weighted by Crippen LogP contribution is -2.52. The van der Waals surface area contributed by atoms with E-state index in [9.17, 15) is 14.3 Å². The van der Waals surface area contributed by atoms with Crippen molar-refractivity contribution >= 4 is 5.97 Å². The van der Waals surface area contributed by atoms with E-state index in [4.69, 9.17) is 15.9 Å². The molecule has 6 heteroatoms. The molecule has 1 rings (SSSR count). The Bertz CT molecular complexity index is 410. The minimum absolute atomic E-state index is 0.271. The molecule has 0 spiro atoms. The van der Waals surface area contributed by atoms with Crippen LogP contribution >= 0.6 is 0 Å². The predicted octanol–water partition coefficient (Wildman–Crippen LogP) is 0.392. The summed E-state index contributed by atoms with van der Waals surface area (Å²) in [6, 6.07) is 3.70. The normalized spacial score (nSPS) is 14.4. The number of nitrogens with two attached hydrogens (primary N) is 1. The minimum atomic E-state index is -2.01. The summed E-state index contributed by atoms with van der Waals surface area (Å²) in [5.41, 5.74) is 3.66. The third-order valence-corrected chi connectivity index (χ3v) is 2.22. The quantitative estimate of drug-likeness (QED) is 0.559. The van der Waals surface area contributed by atoms with Gasteiger partial charge in [0, 0.05) is 6.42 Å². The topological polar surface area (TPSA) is 104 Å². The molecule has 88 valence electrons. The summed E-state index contributed by atoms with van der Waals surface area (Å²) in [7, 11) is 0. The highest BCUT2D eigenvalue weighted by Gasteiger charge is 2.34. The second kappa shape index (κ2) is 4.36. The van der Waals surface area contributed by atoms with E-state index in [2.05, 4.69) is 0 Å². The van der Waals surface area contributed by atoms with Crippen molar-refractivity contribution in [2.45, 2.75) is 12.0 Å². The standard InChI is InChI=1S/C10H12FNO4/c11-5-10(12,9(15)16)4-6-1-2-7(13)8(14)3-6/h1-3,13-14H,4-5,12H2,(H,15,16)/t10-/m1/s1. The highest BCUT2D eigenvalue weighted by atomic mass is 19.1. The molecular formula is C10H12FNO4. The SMILES string of the molecule is N[C@@](CF)(Cc1ccc(O)c(O)c1)C(=O)O. The molecule has 0 saturated heterocycles. The van der Waals surface area contributed by atoms with Gasteiger partial charge in [-0.1, -0.05) is 6.07 Å². The molecule has 5 nitrogen and oxygen atoms in total. The first kappa shape index (κ1) is 12.3. The highest BCUT2D eigenvalue weighted by Crippen LogP contribution is 2.26. The number of halogens is 1. The van der Waals surface area contributed by atoms with Crippen molar-refractivity contribution in [1.82, 2.24) is 0 Å². The number of aromatic hydroxyl groups is 2. The fourth-order valence-corrected chi connectivity index (χ4v) is 1.22. The smallest absolute Gasteiger partial charge is 0.326 e. The molecule has 0 aliphatic carbocycles. The Kier molecular flexibility index (Phi) is 3.34. The number of hydrogen-bond donors (Lipinski definition) is 4. The van der Waals surface area contributed by atoms with Crippen molar-refractivity contribution < 1.29 is 24.5 Å². The molecule has 1 atom stereocenters. The van der Waals surface area contributed by atoms with Crippen molar-refractivity contribution in [1.29, 1.82) is 0 Å². The Morgan fingerprint density at radius 3 is 2.44 bits per heavy atom. The number of alkyl halides is 1. The zero-order chi connectivity index (χ0) is 12.3. The van der Waals surface area contributed by atoms with Gasteiger partial charge in [0.25, 0.3) is 0 Å². The Labute approximate surface area is 90.9 Å². The summed E-state index contributed by atoms with van der Waals surface area (Å²) in [4.78, 5) is 10.7. The molecule has 0 unspecified atom stereocenters. The number of carboxylic acids is 1. The van der Waals surface area contributed by atoms with Gasteiger partial charge in [-0.3, -0.25) is 4.79 Å². The van der Waals surface area contributed by atoms with Gasteiger partial charge in [-0.2, -0.15) is 0 Å². The monoisotopic (exact) mass is 229 g/mol. The maximum absolute atomic E-state index is 12.5. The average Bonchev–Trinajstić information content (AvgIpc) is 2.23. The molecule has 0 bridgehead atoms. The number of hydrogen-bond acceptors (Lipinski definition) is 4. The van der Waals surface area contributed by atoms with Gasteiger partial charge >= 0.3 is 5.97 Å².